The second-order valence-electron chi connectivity index (χ2n) is 6.58. The molecule has 0 fully saturated rings. The molecule has 0 bridgehead atoms. The van der Waals surface area contributed by atoms with Gasteiger partial charge in [-0.2, -0.15) is 13.2 Å². The molecule has 0 saturated heterocycles. The van der Waals surface area contributed by atoms with Crippen molar-refractivity contribution in [2.24, 2.45) is 5.92 Å². The number of rotatable bonds is 6. The highest BCUT2D eigenvalue weighted by atomic mass is 19.4. The number of aliphatic hydroxyl groups excluding tert-OH is 1. The molecule has 0 aliphatic carbocycles. The quantitative estimate of drug-likeness (QED) is 0.668. The van der Waals surface area contributed by atoms with Gasteiger partial charge in [0.25, 0.3) is 0 Å². The first-order valence-electron chi connectivity index (χ1n) is 8.55. The van der Waals surface area contributed by atoms with E-state index in [-0.39, 0.29) is 18.3 Å². The fraction of sp³-hybridized carbons (Fsp3) is 0.333. The molecule has 10 heteroatoms. The number of anilines is 2. The van der Waals surface area contributed by atoms with Gasteiger partial charge < -0.3 is 10.4 Å². The van der Waals surface area contributed by atoms with Gasteiger partial charge in [-0.3, -0.25) is 4.68 Å². The number of aryl methyl sites for hydroxylation is 1. The Morgan fingerprint density at radius 3 is 2.68 bits per heavy atom. The maximum atomic E-state index is 12.9. The van der Waals surface area contributed by atoms with Crippen LogP contribution in [0.1, 0.15) is 18.1 Å². The van der Waals surface area contributed by atoms with Gasteiger partial charge in [0.1, 0.15) is 17.3 Å². The van der Waals surface area contributed by atoms with Crippen molar-refractivity contribution in [3.05, 3.63) is 47.8 Å². The minimum Gasteiger partial charge on any atom is -0.396 e. The van der Waals surface area contributed by atoms with Crippen molar-refractivity contribution in [2.75, 3.05) is 11.9 Å². The molecule has 0 spiro atoms. The van der Waals surface area contributed by atoms with Crippen molar-refractivity contribution in [1.29, 1.82) is 0 Å². The van der Waals surface area contributed by atoms with Gasteiger partial charge in [-0.05, 0) is 42.7 Å². The van der Waals surface area contributed by atoms with Crippen LogP contribution in [0.5, 0.6) is 0 Å². The fourth-order valence-corrected chi connectivity index (χ4v) is 2.55. The molecule has 1 atom stereocenters. The first kappa shape index (κ1) is 19.7. The lowest BCUT2D eigenvalue weighted by molar-refractivity contribution is -0.137. The van der Waals surface area contributed by atoms with Crippen LogP contribution < -0.4 is 5.32 Å². The van der Waals surface area contributed by atoms with Crippen LogP contribution in [0.15, 0.2) is 36.7 Å². The van der Waals surface area contributed by atoms with Crippen LogP contribution in [-0.2, 0) is 12.7 Å². The standard InChI is InChI=1S/C18H19F3N6O/c1-11-5-14(15-9-27(26-25-15)8-12(2)10-28)23-17(6-11)24-16-7-13(3-4-22-16)18(19,20)21/h3-7,9,12,28H,8,10H2,1-2H3,(H,22,23,24)/t12-/m0/s1. The molecular formula is C18H19F3N6O. The van der Waals surface area contributed by atoms with Gasteiger partial charge in [0.05, 0.1) is 17.5 Å². The third-order valence-corrected chi connectivity index (χ3v) is 3.92. The number of nitrogens with one attached hydrogen (secondary N) is 1. The predicted octanol–water partition coefficient (Wildman–Crippen LogP) is 3.43. The van der Waals surface area contributed by atoms with Gasteiger partial charge >= 0.3 is 6.18 Å². The summed E-state index contributed by atoms with van der Waals surface area (Å²) in [6.07, 6.45) is -1.65. The van der Waals surface area contributed by atoms with Crippen molar-refractivity contribution in [3.63, 3.8) is 0 Å². The molecule has 2 N–H and O–H groups in total. The number of aliphatic hydroxyl groups is 1. The van der Waals surface area contributed by atoms with Crippen LogP contribution in [0.25, 0.3) is 11.4 Å². The monoisotopic (exact) mass is 392 g/mol. The van der Waals surface area contributed by atoms with Crippen molar-refractivity contribution in [2.45, 2.75) is 26.6 Å². The zero-order valence-corrected chi connectivity index (χ0v) is 15.3. The number of hydrogen-bond acceptors (Lipinski definition) is 6. The Balaban J connectivity index is 1.84. The number of hydrogen-bond donors (Lipinski definition) is 2. The highest BCUT2D eigenvalue weighted by Gasteiger charge is 2.30. The SMILES string of the molecule is Cc1cc(Nc2cc(C(F)(F)F)ccn2)nc(-c2cn(C[C@H](C)CO)nn2)c1. The van der Waals surface area contributed by atoms with Crippen molar-refractivity contribution in [3.8, 4) is 11.4 Å². The molecule has 3 rings (SSSR count). The Bertz CT molecular complexity index is 956. The van der Waals surface area contributed by atoms with E-state index in [1.807, 2.05) is 13.8 Å². The van der Waals surface area contributed by atoms with E-state index in [1.165, 1.54) is 0 Å². The molecule has 28 heavy (non-hydrogen) atoms. The average Bonchev–Trinajstić information content (AvgIpc) is 3.09. The summed E-state index contributed by atoms with van der Waals surface area (Å²) in [7, 11) is 0. The number of halogens is 3. The van der Waals surface area contributed by atoms with Gasteiger partial charge in [-0.25, -0.2) is 9.97 Å². The molecule has 148 valence electrons. The summed E-state index contributed by atoms with van der Waals surface area (Å²) < 4.78 is 40.2. The largest absolute Gasteiger partial charge is 0.416 e. The fourth-order valence-electron chi connectivity index (χ4n) is 2.55. The van der Waals surface area contributed by atoms with Crippen LogP contribution in [0.3, 0.4) is 0 Å². The average molecular weight is 392 g/mol. The highest BCUT2D eigenvalue weighted by Crippen LogP contribution is 2.30. The summed E-state index contributed by atoms with van der Waals surface area (Å²) in [5, 5.41) is 20.1. The number of nitrogens with zero attached hydrogens (tertiary/aromatic N) is 5. The molecule has 0 radical (unpaired) electrons. The lowest BCUT2D eigenvalue weighted by atomic mass is 10.2. The summed E-state index contributed by atoms with van der Waals surface area (Å²) >= 11 is 0. The zero-order chi connectivity index (χ0) is 20.3. The van der Waals surface area contributed by atoms with Crippen molar-refractivity contribution in [1.82, 2.24) is 25.0 Å². The van der Waals surface area contributed by atoms with E-state index < -0.39 is 11.7 Å². The van der Waals surface area contributed by atoms with Gasteiger partial charge in [0.15, 0.2) is 0 Å². The molecule has 0 unspecified atom stereocenters. The van der Waals surface area contributed by atoms with Crippen molar-refractivity contribution < 1.29 is 18.3 Å². The topological polar surface area (TPSA) is 88.8 Å². The molecule has 0 aliphatic rings. The second-order valence-corrected chi connectivity index (χ2v) is 6.58. The van der Waals surface area contributed by atoms with Gasteiger partial charge in [-0.1, -0.05) is 12.1 Å². The van der Waals surface area contributed by atoms with Crippen LogP contribution in [0.4, 0.5) is 24.8 Å². The Morgan fingerprint density at radius 1 is 1.18 bits per heavy atom. The van der Waals surface area contributed by atoms with Gasteiger partial charge in [0.2, 0.25) is 0 Å². The van der Waals surface area contributed by atoms with E-state index in [0.717, 1.165) is 23.9 Å². The van der Waals surface area contributed by atoms with E-state index in [9.17, 15) is 13.2 Å². The van der Waals surface area contributed by atoms with E-state index in [2.05, 4.69) is 25.6 Å². The summed E-state index contributed by atoms with van der Waals surface area (Å²) in [5.41, 5.74) is 1.10. The zero-order valence-electron chi connectivity index (χ0n) is 15.3. The Kier molecular flexibility index (Phi) is 5.59. The maximum Gasteiger partial charge on any atom is 0.416 e. The molecule has 0 amide bonds. The predicted molar refractivity (Wildman–Crippen MR) is 96.8 cm³/mol. The number of pyridine rings is 2. The molecule has 7 nitrogen and oxygen atoms in total. The van der Waals surface area contributed by atoms with E-state index in [0.29, 0.717) is 23.8 Å². The Labute approximate surface area is 159 Å². The third kappa shape index (κ3) is 4.83. The normalized spacial score (nSPS) is 12.8. The first-order valence-corrected chi connectivity index (χ1v) is 8.55. The lowest BCUT2D eigenvalue weighted by Gasteiger charge is -2.10. The van der Waals surface area contributed by atoms with Crippen LogP contribution in [0.2, 0.25) is 0 Å². The first-order chi connectivity index (χ1) is 13.2. The van der Waals surface area contributed by atoms with Crippen LogP contribution >= 0.6 is 0 Å². The minimum atomic E-state index is -4.45. The molecule has 3 aromatic heterocycles. The molecule has 0 aromatic carbocycles. The summed E-state index contributed by atoms with van der Waals surface area (Å²) in [5.74, 6) is 0.420. The Hall–Kier alpha value is -3.01. The molecule has 3 heterocycles. The number of aromatic nitrogens is 5. The van der Waals surface area contributed by atoms with Crippen LogP contribution in [-0.4, -0.2) is 36.7 Å². The molecule has 3 aromatic rings. The Morgan fingerprint density at radius 2 is 1.96 bits per heavy atom. The number of alkyl halides is 3. The van der Waals surface area contributed by atoms with Crippen LogP contribution in [0, 0.1) is 12.8 Å². The summed E-state index contributed by atoms with van der Waals surface area (Å²) in [4.78, 5) is 8.33. The lowest BCUT2D eigenvalue weighted by Crippen LogP contribution is -2.11. The summed E-state index contributed by atoms with van der Waals surface area (Å²) in [6, 6.07) is 5.33. The van der Waals surface area contributed by atoms with Gasteiger partial charge in [-0.15, -0.1) is 5.10 Å². The third-order valence-electron chi connectivity index (χ3n) is 3.92. The van der Waals surface area contributed by atoms with E-state index >= 15 is 0 Å². The smallest absolute Gasteiger partial charge is 0.396 e. The maximum absolute atomic E-state index is 12.9. The van der Waals surface area contributed by atoms with Crippen molar-refractivity contribution >= 4 is 11.6 Å². The van der Waals surface area contributed by atoms with Gasteiger partial charge in [0, 0.05) is 19.3 Å². The van der Waals surface area contributed by atoms with E-state index in [1.54, 1.807) is 23.0 Å². The molecule has 0 aliphatic heterocycles. The minimum absolute atomic E-state index is 0.0317. The molecular weight excluding hydrogens is 373 g/mol. The highest BCUT2D eigenvalue weighted by molar-refractivity contribution is 5.61. The summed E-state index contributed by atoms with van der Waals surface area (Å²) in [6.45, 7) is 4.27. The second kappa shape index (κ2) is 7.93. The van der Waals surface area contributed by atoms with E-state index in [4.69, 9.17) is 5.11 Å². The molecule has 0 saturated carbocycles.